The molecule has 1 nitrogen and oxygen atoms in total. The Kier molecular flexibility index (Phi) is 1.66. The lowest BCUT2D eigenvalue weighted by Gasteiger charge is -2.16. The molecule has 1 heterocycles. The van der Waals surface area contributed by atoms with Crippen molar-refractivity contribution in [2.45, 2.75) is 13.0 Å². The van der Waals surface area contributed by atoms with Crippen LogP contribution in [-0.2, 0) is 13.0 Å². The van der Waals surface area contributed by atoms with Crippen molar-refractivity contribution < 1.29 is 0 Å². The molecule has 11 heavy (non-hydrogen) atoms. The minimum Gasteiger partial charge on any atom is -0.312 e. The van der Waals surface area contributed by atoms with Gasteiger partial charge in [-0.1, -0.05) is 18.2 Å². The summed E-state index contributed by atoms with van der Waals surface area (Å²) < 4.78 is 0. The van der Waals surface area contributed by atoms with Gasteiger partial charge < -0.3 is 5.32 Å². The Morgan fingerprint density at radius 1 is 1.27 bits per heavy atom. The van der Waals surface area contributed by atoms with Crippen molar-refractivity contribution in [3.8, 4) is 0 Å². The Bertz CT molecular complexity index is 266. The quantitative estimate of drug-likeness (QED) is 0.585. The summed E-state index contributed by atoms with van der Waals surface area (Å²) in [5, 5.41) is 3.34. The first-order valence-corrected chi connectivity index (χ1v) is 4.01. The Morgan fingerprint density at radius 3 is 3.09 bits per heavy atom. The van der Waals surface area contributed by atoms with Crippen molar-refractivity contribution in [1.29, 1.82) is 0 Å². The summed E-state index contributed by atoms with van der Waals surface area (Å²) in [4.78, 5) is 0. The van der Waals surface area contributed by atoms with Crippen molar-refractivity contribution in [3.05, 3.63) is 41.8 Å². The number of hydrogen-bond acceptors (Lipinski definition) is 1. The number of nitrogens with one attached hydrogen (secondary N) is 1. The van der Waals surface area contributed by atoms with Gasteiger partial charge in [-0.25, -0.2) is 0 Å². The van der Waals surface area contributed by atoms with E-state index in [-0.39, 0.29) is 0 Å². The van der Waals surface area contributed by atoms with Crippen molar-refractivity contribution in [1.82, 2.24) is 5.32 Å². The predicted octanol–water partition coefficient (Wildman–Crippen LogP) is 1.51. The number of fused-ring (bicyclic) bond motifs is 1. The lowest BCUT2D eigenvalue weighted by atomic mass is 9.99. The molecule has 0 atom stereocenters. The summed E-state index contributed by atoms with van der Waals surface area (Å²) in [7, 11) is 0. The zero-order chi connectivity index (χ0) is 7.68. The topological polar surface area (TPSA) is 12.0 Å². The Hall–Kier alpha value is -0.820. The first-order chi connectivity index (χ1) is 5.36. The largest absolute Gasteiger partial charge is 0.312 e. The fourth-order valence-corrected chi connectivity index (χ4v) is 1.53. The van der Waals surface area contributed by atoms with Crippen LogP contribution in [0.4, 0.5) is 0 Å². The van der Waals surface area contributed by atoms with E-state index in [1.165, 1.54) is 11.1 Å². The van der Waals surface area contributed by atoms with Crippen molar-refractivity contribution in [2.24, 2.45) is 0 Å². The molecule has 1 heteroatoms. The molecule has 1 N–H and O–H groups in total. The van der Waals surface area contributed by atoms with Crippen molar-refractivity contribution >= 4 is 0 Å². The third kappa shape index (κ3) is 1.29. The van der Waals surface area contributed by atoms with Gasteiger partial charge in [0.15, 0.2) is 0 Å². The molecule has 0 bridgehead atoms. The fraction of sp³-hybridized carbons (Fsp3) is 0.300. The standard InChI is InChI=1S/C10H12N/c1-8-2-3-10-7-11-5-4-9(10)6-8/h2-3,6,11H,1,4-5,7H2. The zero-order valence-corrected chi connectivity index (χ0v) is 6.56. The van der Waals surface area contributed by atoms with E-state index >= 15 is 0 Å². The van der Waals surface area contributed by atoms with Crippen molar-refractivity contribution in [2.75, 3.05) is 6.54 Å². The van der Waals surface area contributed by atoms with Gasteiger partial charge in [-0.3, -0.25) is 0 Å². The van der Waals surface area contributed by atoms with E-state index in [0.717, 1.165) is 25.1 Å². The predicted molar refractivity (Wildman–Crippen MR) is 46.3 cm³/mol. The Morgan fingerprint density at radius 2 is 2.18 bits per heavy atom. The monoisotopic (exact) mass is 146 g/mol. The van der Waals surface area contributed by atoms with Crippen LogP contribution < -0.4 is 5.32 Å². The van der Waals surface area contributed by atoms with Gasteiger partial charge in [-0.05, 0) is 36.6 Å². The molecule has 0 amide bonds. The van der Waals surface area contributed by atoms with Crippen LogP contribution in [0, 0.1) is 6.92 Å². The fourth-order valence-electron chi connectivity index (χ4n) is 1.53. The lowest BCUT2D eigenvalue weighted by Crippen LogP contribution is -2.23. The first kappa shape index (κ1) is 6.86. The van der Waals surface area contributed by atoms with E-state index in [4.69, 9.17) is 0 Å². The first-order valence-electron chi connectivity index (χ1n) is 4.01. The summed E-state index contributed by atoms with van der Waals surface area (Å²) in [6, 6.07) is 6.44. The van der Waals surface area contributed by atoms with E-state index in [9.17, 15) is 0 Å². The van der Waals surface area contributed by atoms with Crippen molar-refractivity contribution in [3.63, 3.8) is 0 Å². The molecule has 0 saturated carbocycles. The highest BCUT2D eigenvalue weighted by atomic mass is 14.9. The average Bonchev–Trinajstić information content (AvgIpc) is 2.04. The maximum Gasteiger partial charge on any atom is 0.0208 e. The minimum atomic E-state index is 1.02. The Balaban J connectivity index is 2.43. The zero-order valence-electron chi connectivity index (χ0n) is 6.56. The Labute approximate surface area is 67.4 Å². The molecule has 1 aromatic carbocycles. The molecule has 1 aliphatic rings. The molecule has 0 aliphatic carbocycles. The molecule has 1 aliphatic heterocycles. The molecule has 0 aromatic heterocycles. The van der Waals surface area contributed by atoms with Crippen LogP contribution >= 0.6 is 0 Å². The second-order valence-electron chi connectivity index (χ2n) is 3.03. The highest BCUT2D eigenvalue weighted by Crippen LogP contribution is 2.14. The van der Waals surface area contributed by atoms with Gasteiger partial charge in [0.25, 0.3) is 0 Å². The number of hydrogen-bond donors (Lipinski definition) is 1. The highest BCUT2D eigenvalue weighted by Gasteiger charge is 2.06. The number of rotatable bonds is 0. The molecule has 0 spiro atoms. The van der Waals surface area contributed by atoms with Gasteiger partial charge in [0.05, 0.1) is 0 Å². The third-order valence-electron chi connectivity index (χ3n) is 2.16. The minimum absolute atomic E-state index is 1.02. The van der Waals surface area contributed by atoms with E-state index in [2.05, 4.69) is 30.4 Å². The maximum atomic E-state index is 3.91. The third-order valence-corrected chi connectivity index (χ3v) is 2.16. The second kappa shape index (κ2) is 2.67. The normalized spacial score (nSPS) is 16.1. The smallest absolute Gasteiger partial charge is 0.0208 e. The van der Waals surface area contributed by atoms with E-state index in [1.807, 2.05) is 0 Å². The van der Waals surface area contributed by atoms with Crippen LogP contribution in [0.25, 0.3) is 0 Å². The van der Waals surface area contributed by atoms with Crippen LogP contribution in [0.15, 0.2) is 18.2 Å². The second-order valence-corrected chi connectivity index (χ2v) is 3.03. The summed E-state index contributed by atoms with van der Waals surface area (Å²) in [6.45, 7) is 6.04. The molecule has 1 radical (unpaired) electrons. The maximum absolute atomic E-state index is 3.91. The van der Waals surface area contributed by atoms with Gasteiger partial charge in [0.2, 0.25) is 0 Å². The molecular formula is C10H12N. The molecule has 57 valence electrons. The molecule has 0 saturated heterocycles. The molecular weight excluding hydrogens is 134 g/mol. The van der Waals surface area contributed by atoms with E-state index < -0.39 is 0 Å². The molecule has 1 aromatic rings. The van der Waals surface area contributed by atoms with Crippen LogP contribution in [0.1, 0.15) is 16.7 Å². The van der Waals surface area contributed by atoms with Crippen LogP contribution in [0.5, 0.6) is 0 Å². The summed E-state index contributed by atoms with van der Waals surface area (Å²) in [5.41, 5.74) is 4.03. The van der Waals surface area contributed by atoms with Crippen LogP contribution in [-0.4, -0.2) is 6.54 Å². The molecule has 0 fully saturated rings. The lowest BCUT2D eigenvalue weighted by molar-refractivity contribution is 0.643. The van der Waals surface area contributed by atoms with E-state index in [1.54, 1.807) is 0 Å². The molecule has 0 unspecified atom stereocenters. The van der Waals surface area contributed by atoms with Gasteiger partial charge in [0.1, 0.15) is 0 Å². The van der Waals surface area contributed by atoms with Gasteiger partial charge in [0, 0.05) is 6.54 Å². The van der Waals surface area contributed by atoms with Gasteiger partial charge >= 0.3 is 0 Å². The summed E-state index contributed by atoms with van der Waals surface area (Å²) in [6.07, 6.45) is 1.15. The molecule has 2 rings (SSSR count). The van der Waals surface area contributed by atoms with Gasteiger partial charge in [-0.15, -0.1) is 0 Å². The van der Waals surface area contributed by atoms with Gasteiger partial charge in [-0.2, -0.15) is 0 Å². The average molecular weight is 146 g/mol. The number of benzene rings is 1. The highest BCUT2D eigenvalue weighted by molar-refractivity contribution is 5.34. The van der Waals surface area contributed by atoms with Crippen LogP contribution in [0.2, 0.25) is 0 Å². The SMILES string of the molecule is [CH2]c1ccc2c(c1)CCNC2. The van der Waals surface area contributed by atoms with Crippen LogP contribution in [0.3, 0.4) is 0 Å². The summed E-state index contributed by atoms with van der Waals surface area (Å²) in [5.74, 6) is 0. The summed E-state index contributed by atoms with van der Waals surface area (Å²) >= 11 is 0. The van der Waals surface area contributed by atoms with E-state index in [0.29, 0.717) is 0 Å².